The maximum atomic E-state index is 13.8. The molecule has 1 fully saturated rings. The molecule has 7 rings (SSSR count). The van der Waals surface area contributed by atoms with Gasteiger partial charge in [0.05, 0.1) is 21.5 Å². The minimum Gasteiger partial charge on any atom is -0.268 e. The second-order valence-electron chi connectivity index (χ2n) is 11.2. The van der Waals surface area contributed by atoms with Gasteiger partial charge >= 0.3 is 0 Å². The second kappa shape index (κ2) is 12.9. The Morgan fingerprint density at radius 2 is 1.56 bits per heavy atom. The first-order valence-electron chi connectivity index (χ1n) is 15.0. The molecule has 1 atom stereocenters. The zero-order valence-corrected chi connectivity index (χ0v) is 27.0. The number of halogens is 2. The number of carbonyl (C=O) groups excluding carboxylic acids is 2. The van der Waals surface area contributed by atoms with E-state index in [-0.39, 0.29) is 11.1 Å². The van der Waals surface area contributed by atoms with Crippen molar-refractivity contribution in [2.45, 2.75) is 12.3 Å². The van der Waals surface area contributed by atoms with Gasteiger partial charge in [-0.05, 0) is 84.8 Å². The van der Waals surface area contributed by atoms with Crippen LogP contribution in [0.5, 0.6) is 0 Å². The van der Waals surface area contributed by atoms with Crippen molar-refractivity contribution >= 4 is 52.2 Å². The van der Waals surface area contributed by atoms with Crippen molar-refractivity contribution in [2.24, 2.45) is 0 Å². The quantitative estimate of drug-likeness (QED) is 0.181. The van der Waals surface area contributed by atoms with Crippen LogP contribution in [0.2, 0.25) is 5.02 Å². The number of hydrogen-bond donors (Lipinski definition) is 1. The smallest absolute Gasteiger partial charge is 0.268 e. The Balaban J connectivity index is 1.21. The van der Waals surface area contributed by atoms with Crippen molar-refractivity contribution in [3.63, 3.8) is 0 Å². The fourth-order valence-corrected chi connectivity index (χ4v) is 6.73. The fourth-order valence-electron chi connectivity index (χ4n) is 5.41. The zero-order valence-electron chi connectivity index (χ0n) is 25.4. The van der Waals surface area contributed by atoms with Crippen LogP contribution in [0.3, 0.4) is 0 Å². The second-order valence-corrected chi connectivity index (χ2v) is 12.8. The molecule has 1 aromatic heterocycles. The molecule has 1 aliphatic heterocycles. The maximum Gasteiger partial charge on any atom is 0.280 e. The number of fused-ring (bicyclic) bond motifs is 1. The van der Waals surface area contributed by atoms with Crippen LogP contribution >= 0.6 is 23.4 Å². The summed E-state index contributed by atoms with van der Waals surface area (Å²) < 4.78 is 15.3. The van der Waals surface area contributed by atoms with Crippen molar-refractivity contribution in [2.75, 3.05) is 0 Å². The van der Waals surface area contributed by atoms with E-state index in [4.69, 9.17) is 16.6 Å². The number of amides is 2. The lowest BCUT2D eigenvalue weighted by Gasteiger charge is -2.24. The van der Waals surface area contributed by atoms with Gasteiger partial charge in [-0.2, -0.15) is 0 Å². The first-order chi connectivity index (χ1) is 23.2. The topological polar surface area (TPSA) is 84.3 Å². The van der Waals surface area contributed by atoms with E-state index in [1.807, 2.05) is 37.3 Å². The Morgan fingerprint density at radius 3 is 2.27 bits per heavy atom. The van der Waals surface area contributed by atoms with Gasteiger partial charge in [-0.3, -0.25) is 24.4 Å². The van der Waals surface area contributed by atoms with E-state index >= 15 is 0 Å². The van der Waals surface area contributed by atoms with Crippen LogP contribution in [0.1, 0.15) is 32.4 Å². The fraction of sp³-hybridized carbons (Fsp3) is 0.0526. The Kier molecular flexibility index (Phi) is 8.39. The number of nitrogens with one attached hydrogen (secondary N) is 1. The molecule has 0 saturated carbocycles. The molecule has 7 nitrogen and oxygen atoms in total. The van der Waals surface area contributed by atoms with Crippen molar-refractivity contribution < 1.29 is 14.0 Å². The molecule has 0 spiro atoms. The number of aryl methyl sites for hydroxylation is 1. The largest absolute Gasteiger partial charge is 0.280 e. The number of benzene rings is 5. The highest BCUT2D eigenvalue weighted by atomic mass is 35.5. The molecule has 1 unspecified atom stereocenters. The highest BCUT2D eigenvalue weighted by molar-refractivity contribution is 8.04. The van der Waals surface area contributed by atoms with E-state index in [9.17, 15) is 18.8 Å². The van der Waals surface area contributed by atoms with Crippen molar-refractivity contribution in [3.8, 4) is 17.1 Å². The average Bonchev–Trinajstić information content (AvgIpc) is 3.40. The third-order valence-corrected chi connectivity index (χ3v) is 9.43. The molecule has 1 saturated heterocycles. The number of para-hydroxylation sites is 1. The van der Waals surface area contributed by atoms with Gasteiger partial charge in [-0.1, -0.05) is 89.6 Å². The lowest BCUT2D eigenvalue weighted by Crippen LogP contribution is -2.44. The zero-order chi connectivity index (χ0) is 33.4. The molecule has 5 aromatic carbocycles. The van der Waals surface area contributed by atoms with Crippen LogP contribution in [0.25, 0.3) is 34.1 Å². The molecule has 6 aromatic rings. The number of aromatic nitrogens is 2. The molecule has 0 aliphatic carbocycles. The molecule has 2 heterocycles. The highest BCUT2D eigenvalue weighted by Gasteiger charge is 2.38. The average molecular weight is 673 g/mol. The summed E-state index contributed by atoms with van der Waals surface area (Å²) in [4.78, 5) is 46.3. The van der Waals surface area contributed by atoms with Crippen LogP contribution in [0.4, 0.5) is 4.39 Å². The van der Waals surface area contributed by atoms with Gasteiger partial charge in [0.25, 0.3) is 17.4 Å². The van der Waals surface area contributed by atoms with Crippen LogP contribution in [0, 0.1) is 12.7 Å². The third-order valence-electron chi connectivity index (χ3n) is 7.92. The van der Waals surface area contributed by atoms with Gasteiger partial charge in [0, 0.05) is 16.1 Å². The van der Waals surface area contributed by atoms with Crippen molar-refractivity contribution in [3.05, 3.63) is 170 Å². The summed E-state index contributed by atoms with van der Waals surface area (Å²) in [6, 6.07) is 34.3. The summed E-state index contributed by atoms with van der Waals surface area (Å²) in [5.41, 5.74) is 7.13. The Labute approximate surface area is 284 Å². The number of carbonyl (C=O) groups is 2. The minimum atomic E-state index is -0.640. The molecule has 48 heavy (non-hydrogen) atoms. The number of hydrazine groups is 1. The Bertz CT molecular complexity index is 2270. The SMILES string of the molecule is Cc1ccc(-c2nc3ccccc3c(=O)n2-c2ccc(C(=O)NN3C(=O)/C(=C/c4ccc(Cl)cc4)SC3c3ccc(F)cc3)cc2)cc1. The summed E-state index contributed by atoms with van der Waals surface area (Å²) in [5.74, 6) is -0.881. The molecule has 0 radical (unpaired) electrons. The summed E-state index contributed by atoms with van der Waals surface area (Å²) >= 11 is 7.28. The number of hydrogen-bond acceptors (Lipinski definition) is 5. The first kappa shape index (κ1) is 31.1. The molecule has 236 valence electrons. The van der Waals surface area contributed by atoms with Crippen molar-refractivity contribution in [1.29, 1.82) is 0 Å². The summed E-state index contributed by atoms with van der Waals surface area (Å²) in [5, 5.41) is 1.65. The standard InChI is InChI=1S/C38H26ClFN4O3S/c1-23-6-10-25(11-7-23)34-41-32-5-3-2-4-31(32)36(46)43(34)30-20-14-26(15-21-30)35(45)42-44-37(47)33(22-24-8-16-28(39)17-9-24)48-38(44)27-12-18-29(40)19-13-27/h2-22,38H,1H3,(H,42,45)/b33-22-. The molecule has 0 bridgehead atoms. The van der Waals surface area contributed by atoms with Gasteiger partial charge in [0.2, 0.25) is 0 Å². The van der Waals surface area contributed by atoms with E-state index in [2.05, 4.69) is 5.43 Å². The maximum absolute atomic E-state index is 13.8. The molecular weight excluding hydrogens is 647 g/mol. The number of nitrogens with zero attached hydrogens (tertiary/aromatic N) is 3. The summed E-state index contributed by atoms with van der Waals surface area (Å²) in [7, 11) is 0. The van der Waals surface area contributed by atoms with Crippen LogP contribution in [-0.2, 0) is 4.79 Å². The van der Waals surface area contributed by atoms with Gasteiger partial charge < -0.3 is 0 Å². The highest BCUT2D eigenvalue weighted by Crippen LogP contribution is 2.45. The van der Waals surface area contributed by atoms with Crippen LogP contribution in [0.15, 0.2) is 131 Å². The number of rotatable bonds is 6. The predicted octanol–water partition coefficient (Wildman–Crippen LogP) is 8.11. The van der Waals surface area contributed by atoms with Crippen LogP contribution in [-0.4, -0.2) is 26.4 Å². The van der Waals surface area contributed by atoms with E-state index < -0.39 is 23.0 Å². The molecule has 10 heteroatoms. The molecule has 1 aliphatic rings. The van der Waals surface area contributed by atoms with E-state index in [1.54, 1.807) is 84.9 Å². The van der Waals surface area contributed by atoms with Gasteiger partial charge in [-0.25, -0.2) is 14.4 Å². The van der Waals surface area contributed by atoms with Gasteiger partial charge in [-0.15, -0.1) is 0 Å². The lowest BCUT2D eigenvalue weighted by molar-refractivity contribution is -0.128. The Morgan fingerprint density at radius 1 is 0.875 bits per heavy atom. The van der Waals surface area contributed by atoms with Crippen LogP contribution < -0.4 is 11.0 Å². The first-order valence-corrected chi connectivity index (χ1v) is 16.2. The van der Waals surface area contributed by atoms with E-state index in [0.717, 1.165) is 16.7 Å². The van der Waals surface area contributed by atoms with Gasteiger partial charge in [0.15, 0.2) is 0 Å². The summed E-state index contributed by atoms with van der Waals surface area (Å²) in [6.07, 6.45) is 1.72. The number of thioether (sulfide) groups is 1. The van der Waals surface area contributed by atoms with E-state index in [0.29, 0.717) is 37.9 Å². The van der Waals surface area contributed by atoms with E-state index in [1.165, 1.54) is 33.5 Å². The molecular formula is C38H26ClFN4O3S. The lowest BCUT2D eigenvalue weighted by atomic mass is 10.1. The summed E-state index contributed by atoms with van der Waals surface area (Å²) in [6.45, 7) is 1.99. The third kappa shape index (κ3) is 6.13. The monoisotopic (exact) mass is 672 g/mol. The molecule has 2 amide bonds. The minimum absolute atomic E-state index is 0.241. The predicted molar refractivity (Wildman–Crippen MR) is 188 cm³/mol. The Hall–Kier alpha value is -5.51. The normalized spacial score (nSPS) is 15.3. The van der Waals surface area contributed by atoms with Crippen molar-refractivity contribution in [1.82, 2.24) is 20.0 Å². The molecule has 1 N–H and O–H groups in total. The van der Waals surface area contributed by atoms with Gasteiger partial charge in [0.1, 0.15) is 17.0 Å².